The van der Waals surface area contributed by atoms with E-state index in [0.29, 0.717) is 0 Å². The first kappa shape index (κ1) is 22.6. The van der Waals surface area contributed by atoms with Gasteiger partial charge in [-0.3, -0.25) is 0 Å². The quantitative estimate of drug-likeness (QED) is 0.376. The maximum Gasteiger partial charge on any atom is 2.00 e. The first-order valence-corrected chi connectivity index (χ1v) is 6.16. The predicted molar refractivity (Wildman–Crippen MR) is 76.5 cm³/mol. The number of allylic oxidation sites excluding steroid dienone is 4. The van der Waals surface area contributed by atoms with Crippen LogP contribution in [0.3, 0.4) is 0 Å². The summed E-state index contributed by atoms with van der Waals surface area (Å²) >= 11 is 0. The van der Waals surface area contributed by atoms with Crippen LogP contribution in [-0.4, -0.2) is 23.1 Å². The van der Waals surface area contributed by atoms with Gasteiger partial charge in [0.15, 0.2) is 0 Å². The molecule has 0 fully saturated rings. The van der Waals surface area contributed by atoms with E-state index in [-0.39, 0.29) is 35.5 Å². The number of halogens is 1. The summed E-state index contributed by atoms with van der Waals surface area (Å²) in [5.41, 5.74) is 2.94. The van der Waals surface area contributed by atoms with Gasteiger partial charge >= 0.3 is 23.1 Å². The van der Waals surface area contributed by atoms with E-state index >= 15 is 0 Å². The monoisotopic (exact) mass is 266 g/mol. The second-order valence-electron chi connectivity index (χ2n) is 4.93. The molecule has 0 radical (unpaired) electrons. The van der Waals surface area contributed by atoms with Crippen LogP contribution >= 0.6 is 0 Å². The molecule has 0 heterocycles. The van der Waals surface area contributed by atoms with Crippen molar-refractivity contribution in [2.45, 2.75) is 59.8 Å². The van der Waals surface area contributed by atoms with Crippen LogP contribution in [0.5, 0.6) is 0 Å². The Labute approximate surface area is 131 Å². The third kappa shape index (κ3) is 16.4. The predicted octanol–water partition coefficient (Wildman–Crippen LogP) is 1.94. The summed E-state index contributed by atoms with van der Waals surface area (Å²) in [7, 11) is 0. The maximum absolute atomic E-state index is 3.77. The third-order valence-electron chi connectivity index (χ3n) is 2.73. The van der Waals surface area contributed by atoms with Crippen molar-refractivity contribution in [2.75, 3.05) is 0 Å². The number of rotatable bonds is 7. The first-order chi connectivity index (χ1) is 7.06. The Kier molecular flexibility index (Phi) is 19.2. The average Bonchev–Trinajstić information content (AvgIpc) is 2.17. The molecule has 0 saturated carbocycles. The van der Waals surface area contributed by atoms with Crippen molar-refractivity contribution in [1.82, 2.24) is 0 Å². The normalized spacial score (nSPS) is 12.1. The van der Waals surface area contributed by atoms with Gasteiger partial charge in [0.1, 0.15) is 0 Å². The summed E-state index contributed by atoms with van der Waals surface area (Å²) < 4.78 is 0. The molecule has 0 aromatic rings. The molecule has 0 saturated heterocycles. The van der Waals surface area contributed by atoms with E-state index in [4.69, 9.17) is 0 Å². The third-order valence-corrected chi connectivity index (χ3v) is 2.73. The molecule has 0 N–H and O–H groups in total. The molecule has 17 heavy (non-hydrogen) atoms. The van der Waals surface area contributed by atoms with Crippen LogP contribution < -0.4 is 12.4 Å². The van der Waals surface area contributed by atoms with E-state index < -0.39 is 0 Å². The van der Waals surface area contributed by atoms with Crippen LogP contribution in [0.2, 0.25) is 0 Å². The van der Waals surface area contributed by atoms with Gasteiger partial charge in [0.2, 0.25) is 0 Å². The fourth-order valence-electron chi connectivity index (χ4n) is 1.54. The zero-order chi connectivity index (χ0) is 11.7. The second kappa shape index (κ2) is 14.5. The van der Waals surface area contributed by atoms with Crippen LogP contribution in [0.15, 0.2) is 23.3 Å². The Morgan fingerprint density at radius 3 is 2.18 bits per heavy atom. The molecule has 0 aliphatic heterocycles. The summed E-state index contributed by atoms with van der Waals surface area (Å²) in [4.78, 5) is 0. The van der Waals surface area contributed by atoms with Gasteiger partial charge in [-0.25, -0.2) is 18.6 Å². The molecule has 0 bridgehead atoms. The number of hydrogen-bond acceptors (Lipinski definition) is 0. The second-order valence-corrected chi connectivity index (χ2v) is 4.93. The minimum atomic E-state index is 0. The molecule has 2 heteroatoms. The average molecular weight is 267 g/mol. The van der Waals surface area contributed by atoms with Gasteiger partial charge in [0.25, 0.3) is 0 Å². The maximum atomic E-state index is 3.77. The molecule has 0 amide bonds. The van der Waals surface area contributed by atoms with Crippen LogP contribution in [0.1, 0.15) is 59.8 Å². The van der Waals surface area contributed by atoms with Gasteiger partial charge in [0.05, 0.1) is 0 Å². The fraction of sp³-hybridized carbons (Fsp3) is 0.667. The van der Waals surface area contributed by atoms with Crippen molar-refractivity contribution in [3.8, 4) is 0 Å². The Balaban J connectivity index is -0.000000980. The molecule has 0 aliphatic rings. The molecule has 0 nitrogen and oxygen atoms in total. The zero-order valence-corrected chi connectivity index (χ0v) is 14.2. The van der Waals surface area contributed by atoms with Gasteiger partial charge < -0.3 is 12.4 Å². The van der Waals surface area contributed by atoms with Crippen molar-refractivity contribution < 1.29 is 12.4 Å². The van der Waals surface area contributed by atoms with Gasteiger partial charge in [-0.15, -0.1) is 6.92 Å². The number of hydrogen-bond donors (Lipinski definition) is 0. The summed E-state index contributed by atoms with van der Waals surface area (Å²) in [5, 5.41) is 0. The zero-order valence-electron chi connectivity index (χ0n) is 12.1. The van der Waals surface area contributed by atoms with Gasteiger partial charge in [-0.05, 0) is 32.1 Å². The first-order valence-electron chi connectivity index (χ1n) is 6.16. The van der Waals surface area contributed by atoms with Crippen LogP contribution in [0, 0.1) is 12.8 Å². The van der Waals surface area contributed by atoms with Crippen LogP contribution in [-0.2, 0) is 0 Å². The van der Waals surface area contributed by atoms with Crippen LogP contribution in [0.4, 0.5) is 0 Å². The Hall–Kier alpha value is 0.406. The summed E-state index contributed by atoms with van der Waals surface area (Å²) in [6.07, 6.45) is 10.6. The van der Waals surface area contributed by atoms with Gasteiger partial charge in [0, 0.05) is 0 Å². The van der Waals surface area contributed by atoms with Crippen molar-refractivity contribution in [3.05, 3.63) is 30.2 Å². The molecule has 0 aromatic carbocycles. The van der Waals surface area contributed by atoms with E-state index in [2.05, 4.69) is 40.7 Å². The molecule has 96 valence electrons. The Morgan fingerprint density at radius 2 is 1.71 bits per heavy atom. The Bertz CT molecular complexity index is 217. The van der Waals surface area contributed by atoms with Crippen molar-refractivity contribution in [2.24, 2.45) is 5.92 Å². The molecular formula is C15H27ClMg. The summed E-state index contributed by atoms with van der Waals surface area (Å²) in [5.74, 6) is 0.842. The van der Waals surface area contributed by atoms with Gasteiger partial charge in [-0.1, -0.05) is 38.3 Å². The molecule has 0 rings (SSSR count). The van der Waals surface area contributed by atoms with Crippen LogP contribution in [0.25, 0.3) is 0 Å². The van der Waals surface area contributed by atoms with E-state index in [9.17, 15) is 0 Å². The minimum absolute atomic E-state index is 0. The topological polar surface area (TPSA) is 0 Å². The minimum Gasteiger partial charge on any atom is -1.00 e. The largest absolute Gasteiger partial charge is 2.00 e. The van der Waals surface area contributed by atoms with E-state index in [0.717, 1.165) is 12.3 Å². The molecule has 0 spiro atoms. The standard InChI is InChI=1S/C15H27.ClH.Mg/c1-6-14(4)10-8-12-15(5)11-7-9-13(2)3;;/h6,12-13H,1,7-11H2,2-5H3;1H;/q-1;;+2/p-1. The Morgan fingerprint density at radius 1 is 1.12 bits per heavy atom. The molecule has 0 atom stereocenters. The van der Waals surface area contributed by atoms with Crippen molar-refractivity contribution in [3.63, 3.8) is 0 Å². The molecular weight excluding hydrogens is 240 g/mol. The molecule has 0 unspecified atom stereocenters. The molecule has 0 aliphatic carbocycles. The fourth-order valence-corrected chi connectivity index (χ4v) is 1.54. The SMILES string of the molecule is [CH2-]C=C(C)CCC=C(C)CCCC(C)C.[Cl-].[Mg+2]. The van der Waals surface area contributed by atoms with E-state index in [1.807, 2.05) is 6.08 Å². The van der Waals surface area contributed by atoms with Crippen molar-refractivity contribution >= 4 is 23.1 Å². The van der Waals surface area contributed by atoms with Crippen molar-refractivity contribution in [1.29, 1.82) is 0 Å². The molecule has 0 aromatic heterocycles. The smallest absolute Gasteiger partial charge is 1.00 e. The van der Waals surface area contributed by atoms with E-state index in [1.54, 1.807) is 5.57 Å². The summed E-state index contributed by atoms with van der Waals surface area (Å²) in [6, 6.07) is 0. The summed E-state index contributed by atoms with van der Waals surface area (Å²) in [6.45, 7) is 12.8. The van der Waals surface area contributed by atoms with Gasteiger partial charge in [-0.2, -0.15) is 0 Å². The van der Waals surface area contributed by atoms with E-state index in [1.165, 1.54) is 31.3 Å².